The van der Waals surface area contributed by atoms with Crippen LogP contribution < -0.4 is 29.4 Å². The van der Waals surface area contributed by atoms with E-state index in [1.165, 1.54) is 11.1 Å². The molecular formula is C39H49N3O6S2+2. The smallest absolute Gasteiger partial charge is 0.303 e. The fraction of sp³-hybridized carbons (Fsp3) is 0.462. The lowest BCUT2D eigenvalue weighted by Crippen LogP contribution is -2.49. The molecule has 0 radical (unpaired) electrons. The van der Waals surface area contributed by atoms with Gasteiger partial charge in [0.2, 0.25) is 5.36 Å². The lowest BCUT2D eigenvalue weighted by molar-refractivity contribution is -0.694. The third-order valence-corrected chi connectivity index (χ3v) is 11.8. The van der Waals surface area contributed by atoms with E-state index in [1.54, 1.807) is 11.3 Å². The first-order valence-corrected chi connectivity index (χ1v) is 20.1. The van der Waals surface area contributed by atoms with Crippen LogP contribution in [-0.4, -0.2) is 54.0 Å². The molecule has 0 unspecified atom stereocenters. The van der Waals surface area contributed by atoms with Crippen molar-refractivity contribution in [1.29, 1.82) is 0 Å². The molecule has 1 aromatic heterocycles. The first kappa shape index (κ1) is 36.0. The number of hydrogen-bond donors (Lipinski definition) is 2. The summed E-state index contributed by atoms with van der Waals surface area (Å²) in [7, 11) is -4.31. The maximum atomic E-state index is 12.3. The highest BCUT2D eigenvalue weighted by Gasteiger charge is 2.38. The van der Waals surface area contributed by atoms with Crippen molar-refractivity contribution >= 4 is 49.8 Å². The number of carbonyl (C=O) groups is 1. The molecular weight excluding hydrogens is 671 g/mol. The predicted octanol–water partition coefficient (Wildman–Crippen LogP) is 6.02. The summed E-state index contributed by atoms with van der Waals surface area (Å²) in [5.41, 5.74) is 5.85. The predicted molar refractivity (Wildman–Crippen MR) is 200 cm³/mol. The Kier molecular flexibility index (Phi) is 9.64. The number of anilines is 1. The zero-order valence-corrected chi connectivity index (χ0v) is 31.8. The second-order valence-corrected chi connectivity index (χ2v) is 16.9. The number of thiazole rings is 1. The average molecular weight is 720 g/mol. The van der Waals surface area contributed by atoms with Gasteiger partial charge < -0.3 is 14.7 Å². The number of ether oxygens (including phenoxy) is 1. The number of aryl methyl sites for hydroxylation is 1. The van der Waals surface area contributed by atoms with Crippen molar-refractivity contribution in [2.75, 3.05) is 23.7 Å². The third-order valence-electron chi connectivity index (χ3n) is 10.2. The first-order chi connectivity index (χ1) is 23.6. The van der Waals surface area contributed by atoms with E-state index >= 15 is 0 Å². The number of benzene rings is 2. The molecule has 3 aromatic rings. The molecule has 6 rings (SSSR count). The van der Waals surface area contributed by atoms with Gasteiger partial charge in [-0.3, -0.25) is 9.35 Å². The molecule has 0 spiro atoms. The maximum Gasteiger partial charge on any atom is 0.303 e. The number of aliphatic carboxylic acids is 1. The number of aromatic nitrogens is 1. The number of likely N-dealkylation sites (N-methyl/N-ethyl adjacent to an activating group) is 2. The average Bonchev–Trinajstić information content (AvgIpc) is 3.48. The Hall–Kier alpha value is -3.80. The summed E-state index contributed by atoms with van der Waals surface area (Å²) in [6, 6.07) is 8.54. The number of nitrogens with zero attached hydrogens (tertiary/aromatic N) is 3. The van der Waals surface area contributed by atoms with Crippen molar-refractivity contribution < 1.29 is 32.2 Å². The Labute approximate surface area is 299 Å². The Morgan fingerprint density at radius 3 is 2.36 bits per heavy atom. The van der Waals surface area contributed by atoms with Gasteiger partial charge in [-0.2, -0.15) is 13.0 Å². The summed E-state index contributed by atoms with van der Waals surface area (Å²) in [5.74, 6) is 0.206. The Bertz CT molecular complexity index is 2180. The molecule has 2 aromatic carbocycles. The zero-order chi connectivity index (χ0) is 36.2. The summed E-state index contributed by atoms with van der Waals surface area (Å²) in [6.07, 6.45) is 9.73. The molecule has 0 aliphatic carbocycles. The number of rotatable bonds is 12. The van der Waals surface area contributed by atoms with Crippen LogP contribution in [0.25, 0.3) is 16.7 Å². The van der Waals surface area contributed by atoms with Crippen molar-refractivity contribution in [1.82, 2.24) is 4.58 Å². The molecule has 0 atom stereocenters. The van der Waals surface area contributed by atoms with Gasteiger partial charge in [0, 0.05) is 66.9 Å². The van der Waals surface area contributed by atoms with Crippen molar-refractivity contribution in [3.05, 3.63) is 80.3 Å². The van der Waals surface area contributed by atoms with Crippen LogP contribution in [-0.2, 0) is 21.5 Å². The summed E-state index contributed by atoms with van der Waals surface area (Å²) in [4.78, 5) is 13.3. The van der Waals surface area contributed by atoms with Gasteiger partial charge in [-0.15, -0.1) is 0 Å². The quantitative estimate of drug-likeness (QED) is 0.105. The van der Waals surface area contributed by atoms with Crippen molar-refractivity contribution in [3.8, 4) is 11.5 Å². The molecule has 3 aliphatic heterocycles. The van der Waals surface area contributed by atoms with Crippen molar-refractivity contribution in [2.24, 2.45) is 0 Å². The number of allylic oxidation sites excluding steroid dienone is 1. The van der Waals surface area contributed by atoms with Gasteiger partial charge in [-0.1, -0.05) is 24.3 Å². The second-order valence-electron chi connectivity index (χ2n) is 14.5. The summed E-state index contributed by atoms with van der Waals surface area (Å²) in [5, 5.41) is 14.4. The molecule has 0 fully saturated rings. The van der Waals surface area contributed by atoms with Gasteiger partial charge in [0.05, 0.1) is 22.6 Å². The lowest BCUT2D eigenvalue weighted by Gasteiger charge is -2.43. The largest absolute Gasteiger partial charge is 0.481 e. The van der Waals surface area contributed by atoms with Gasteiger partial charge >= 0.3 is 5.97 Å². The molecule has 4 heterocycles. The van der Waals surface area contributed by atoms with Gasteiger partial charge in [0.1, 0.15) is 30.3 Å². The van der Waals surface area contributed by atoms with Gasteiger partial charge in [0.15, 0.2) is 11.7 Å². The first-order valence-electron chi connectivity index (χ1n) is 17.6. The van der Waals surface area contributed by atoms with Gasteiger partial charge in [0.25, 0.3) is 15.1 Å². The highest BCUT2D eigenvalue weighted by molar-refractivity contribution is 7.86. The third kappa shape index (κ3) is 6.67. The standard InChI is InChI=1S/C39H47N3O6S2/c1-8-25-22-38(4,5)41(9-2)31-20-33-29(18-27(25)31)36(37-40(16-17-49-37)15-13-11-12-14-35(43)44)30-19-28-26(24-50(45,46)47)23-39(6,7)42(10-3)32(28)21-34(30)48-33/h16-23H,8-15,24H2,1-7H3/p+2. The van der Waals surface area contributed by atoms with Gasteiger partial charge in [-0.05, 0) is 76.3 Å². The summed E-state index contributed by atoms with van der Waals surface area (Å²) in [6.45, 7) is 17.3. The van der Waals surface area contributed by atoms with Crippen molar-refractivity contribution in [2.45, 2.75) is 98.2 Å². The summed E-state index contributed by atoms with van der Waals surface area (Å²) < 4.78 is 46.2. The Balaban J connectivity index is 1.64. The molecule has 9 nitrogen and oxygen atoms in total. The van der Waals surface area contributed by atoms with Crippen LogP contribution in [0.15, 0.2) is 48.0 Å². The second kappa shape index (κ2) is 13.4. The fourth-order valence-electron chi connectivity index (χ4n) is 8.12. The number of fused-ring (bicyclic) bond motifs is 4. The van der Waals surface area contributed by atoms with Crippen LogP contribution in [0.3, 0.4) is 0 Å². The van der Waals surface area contributed by atoms with E-state index in [4.69, 9.17) is 9.84 Å². The lowest BCUT2D eigenvalue weighted by atomic mass is 9.85. The molecule has 0 bridgehead atoms. The minimum Gasteiger partial charge on any atom is -0.481 e. The van der Waals surface area contributed by atoms with E-state index in [0.717, 1.165) is 76.1 Å². The van der Waals surface area contributed by atoms with Crippen LogP contribution in [0.1, 0.15) is 102 Å². The normalized spacial score (nSPS) is 17.2. The number of carboxylic acid groups (broad SMARTS) is 1. The Morgan fingerprint density at radius 2 is 1.70 bits per heavy atom. The van der Waals surface area contributed by atoms with E-state index in [-0.39, 0.29) is 12.0 Å². The molecule has 0 saturated carbocycles. The molecule has 0 saturated heterocycles. The van der Waals surface area contributed by atoms with E-state index in [2.05, 4.69) is 78.4 Å². The summed E-state index contributed by atoms with van der Waals surface area (Å²) >= 11 is 1.64. The van der Waals surface area contributed by atoms with Gasteiger partial charge in [-0.25, -0.2) is 4.58 Å². The molecule has 11 heteroatoms. The van der Waals surface area contributed by atoms with Crippen LogP contribution in [0.5, 0.6) is 11.5 Å². The minimum absolute atomic E-state index is 0.163. The van der Waals surface area contributed by atoms with Crippen LogP contribution >= 0.6 is 11.3 Å². The number of carboxylic acids is 1. The number of hydrogen-bond acceptors (Lipinski definition) is 6. The van der Waals surface area contributed by atoms with E-state index in [1.807, 2.05) is 32.1 Å². The molecule has 266 valence electrons. The van der Waals surface area contributed by atoms with Crippen LogP contribution in [0.2, 0.25) is 0 Å². The fourth-order valence-corrected chi connectivity index (χ4v) is 9.71. The Morgan fingerprint density at radius 1 is 0.940 bits per heavy atom. The molecule has 2 N–H and O–H groups in total. The van der Waals surface area contributed by atoms with E-state index < -0.39 is 27.4 Å². The monoisotopic (exact) mass is 719 g/mol. The van der Waals surface area contributed by atoms with E-state index in [9.17, 15) is 17.8 Å². The highest BCUT2D eigenvalue weighted by atomic mass is 32.2. The van der Waals surface area contributed by atoms with E-state index in [0.29, 0.717) is 24.3 Å². The molecule has 0 amide bonds. The van der Waals surface area contributed by atoms with Crippen molar-refractivity contribution in [3.63, 3.8) is 0 Å². The topological polar surface area (TPSA) is 111 Å². The number of unbranched alkanes of at least 4 members (excludes halogenated alkanes) is 2. The zero-order valence-electron chi connectivity index (χ0n) is 30.2. The van der Waals surface area contributed by atoms with Crippen LogP contribution in [0.4, 0.5) is 5.69 Å². The maximum absolute atomic E-state index is 12.3. The molecule has 50 heavy (non-hydrogen) atoms. The molecule has 3 aliphatic rings. The SMILES string of the molecule is CCC1=CC(C)(C)[N+](CC)=c2cc3c(cc21)=C(c1scc[n+]1CCCCCC(=O)O)c1cc2c(cc1O3)N(CC)C(C)(C)C=C2CS(=O)(=O)O. The highest BCUT2D eigenvalue weighted by Crippen LogP contribution is 2.47. The minimum atomic E-state index is -4.31. The van der Waals surface area contributed by atoms with Crippen LogP contribution in [0, 0.1) is 0 Å².